The van der Waals surface area contributed by atoms with Gasteiger partial charge >= 0.3 is 0 Å². The van der Waals surface area contributed by atoms with Crippen LogP contribution in [0.5, 0.6) is 5.75 Å². The fraction of sp³-hybridized carbons (Fsp3) is 0.318. The minimum atomic E-state index is -0.640. The third-order valence-corrected chi connectivity index (χ3v) is 5.72. The Morgan fingerprint density at radius 3 is 2.40 bits per heavy atom. The highest BCUT2D eigenvalue weighted by molar-refractivity contribution is 6.22. The van der Waals surface area contributed by atoms with E-state index in [4.69, 9.17) is 0 Å². The van der Waals surface area contributed by atoms with Gasteiger partial charge in [0, 0.05) is 5.92 Å². The molecule has 0 aliphatic carbocycles. The van der Waals surface area contributed by atoms with Crippen molar-refractivity contribution < 1.29 is 23.9 Å². The maximum atomic E-state index is 14.1. The molecule has 0 radical (unpaired) electrons. The Hall–Kier alpha value is -3.26. The first-order chi connectivity index (χ1) is 14.5. The largest absolute Gasteiger partial charge is 0.506 e. The van der Waals surface area contributed by atoms with Crippen LogP contribution in [0.15, 0.2) is 48.5 Å². The summed E-state index contributed by atoms with van der Waals surface area (Å²) in [7, 11) is 0. The summed E-state index contributed by atoms with van der Waals surface area (Å²) in [6.07, 6.45) is 1.05. The van der Waals surface area contributed by atoms with E-state index in [-0.39, 0.29) is 29.7 Å². The number of halogens is 1. The van der Waals surface area contributed by atoms with Gasteiger partial charge in [-0.1, -0.05) is 24.3 Å². The molecule has 7 nitrogen and oxygen atoms in total. The standard InChI is InChI=1S/C22H22FN3O4/c23-15-5-1-3-7-17(15)26-20(28)13-18(22(26)30)25-11-9-14(10-12-25)21(29)24-16-6-2-4-8-19(16)27/h1-8,14,18,27H,9-13H2,(H,24,29)/t18-/m0/s1. The first kappa shape index (κ1) is 20.0. The van der Waals surface area contributed by atoms with E-state index in [1.54, 1.807) is 24.3 Å². The number of rotatable bonds is 4. The highest BCUT2D eigenvalue weighted by atomic mass is 19.1. The van der Waals surface area contributed by atoms with Gasteiger partial charge in [-0.3, -0.25) is 19.3 Å². The number of amides is 3. The smallest absolute Gasteiger partial charge is 0.251 e. The fourth-order valence-electron chi connectivity index (χ4n) is 4.07. The Bertz CT molecular complexity index is 988. The molecular weight excluding hydrogens is 389 g/mol. The number of piperidine rings is 1. The van der Waals surface area contributed by atoms with Crippen LogP contribution in [0.25, 0.3) is 0 Å². The Morgan fingerprint density at radius 2 is 1.70 bits per heavy atom. The monoisotopic (exact) mass is 411 g/mol. The zero-order chi connectivity index (χ0) is 21.3. The second-order valence-corrected chi connectivity index (χ2v) is 7.56. The molecule has 2 aliphatic rings. The molecule has 1 atom stereocenters. The first-order valence-electron chi connectivity index (χ1n) is 9.90. The SMILES string of the molecule is O=C(Nc1ccccc1O)C1CCN([C@H]2CC(=O)N(c3ccccc3F)C2=O)CC1. The van der Waals surface area contributed by atoms with Crippen LogP contribution in [-0.2, 0) is 14.4 Å². The van der Waals surface area contributed by atoms with Crippen molar-refractivity contribution in [1.82, 2.24) is 4.90 Å². The number of anilines is 2. The molecule has 0 bridgehead atoms. The molecule has 2 aromatic rings. The van der Waals surface area contributed by atoms with Crippen LogP contribution in [0.4, 0.5) is 15.8 Å². The van der Waals surface area contributed by atoms with Gasteiger partial charge in [0.1, 0.15) is 11.6 Å². The summed E-state index contributed by atoms with van der Waals surface area (Å²) in [6.45, 7) is 0.960. The number of imide groups is 1. The van der Waals surface area contributed by atoms with Gasteiger partial charge in [-0.25, -0.2) is 9.29 Å². The third-order valence-electron chi connectivity index (χ3n) is 5.72. The Kier molecular flexibility index (Phi) is 5.50. The number of nitrogens with one attached hydrogen (secondary N) is 1. The number of phenols is 1. The average Bonchev–Trinajstić information content (AvgIpc) is 3.04. The van der Waals surface area contributed by atoms with Crippen molar-refractivity contribution in [3.05, 3.63) is 54.3 Å². The van der Waals surface area contributed by atoms with E-state index < -0.39 is 23.7 Å². The molecule has 0 aromatic heterocycles. The Labute approximate surface area is 173 Å². The lowest BCUT2D eigenvalue weighted by Crippen LogP contribution is -2.47. The van der Waals surface area contributed by atoms with Crippen LogP contribution in [0.3, 0.4) is 0 Å². The van der Waals surface area contributed by atoms with Gasteiger partial charge in [-0.05, 0) is 50.2 Å². The van der Waals surface area contributed by atoms with Gasteiger partial charge in [-0.2, -0.15) is 0 Å². The highest BCUT2D eigenvalue weighted by Gasteiger charge is 2.44. The number of carbonyl (C=O) groups is 3. The van der Waals surface area contributed by atoms with E-state index in [2.05, 4.69) is 5.32 Å². The molecule has 2 fully saturated rings. The van der Waals surface area contributed by atoms with Gasteiger partial charge in [0.05, 0.1) is 23.8 Å². The maximum absolute atomic E-state index is 14.1. The molecule has 8 heteroatoms. The van der Waals surface area contributed by atoms with Gasteiger partial charge in [0.25, 0.3) is 5.91 Å². The van der Waals surface area contributed by atoms with E-state index in [9.17, 15) is 23.9 Å². The molecule has 156 valence electrons. The number of benzene rings is 2. The van der Waals surface area contributed by atoms with Crippen molar-refractivity contribution in [2.75, 3.05) is 23.3 Å². The summed E-state index contributed by atoms with van der Waals surface area (Å²) < 4.78 is 14.1. The molecule has 2 saturated heterocycles. The van der Waals surface area contributed by atoms with E-state index in [1.807, 2.05) is 4.90 Å². The molecule has 2 N–H and O–H groups in total. The molecule has 0 unspecified atom stereocenters. The van der Waals surface area contributed by atoms with E-state index >= 15 is 0 Å². The molecule has 30 heavy (non-hydrogen) atoms. The number of carbonyl (C=O) groups excluding carboxylic acids is 3. The molecule has 2 heterocycles. The summed E-state index contributed by atoms with van der Waals surface area (Å²) in [6, 6.07) is 11.6. The van der Waals surface area contributed by atoms with Crippen molar-refractivity contribution in [3.63, 3.8) is 0 Å². The quantitative estimate of drug-likeness (QED) is 0.596. The Balaban J connectivity index is 1.38. The van der Waals surface area contributed by atoms with Crippen LogP contribution in [0.1, 0.15) is 19.3 Å². The lowest BCUT2D eigenvalue weighted by molar-refractivity contribution is -0.123. The van der Waals surface area contributed by atoms with Gasteiger partial charge in [-0.15, -0.1) is 0 Å². The van der Waals surface area contributed by atoms with Crippen LogP contribution in [-0.4, -0.2) is 46.9 Å². The van der Waals surface area contributed by atoms with Gasteiger partial charge in [0.2, 0.25) is 11.8 Å². The summed E-state index contributed by atoms with van der Waals surface area (Å²) in [5.74, 6) is -1.89. The van der Waals surface area contributed by atoms with Crippen molar-refractivity contribution in [3.8, 4) is 5.75 Å². The van der Waals surface area contributed by atoms with Crippen LogP contribution in [0.2, 0.25) is 0 Å². The molecule has 0 spiro atoms. The minimum Gasteiger partial charge on any atom is -0.506 e. The number of para-hydroxylation sites is 3. The summed E-state index contributed by atoms with van der Waals surface area (Å²) in [5, 5.41) is 12.5. The van der Waals surface area contributed by atoms with Crippen LogP contribution < -0.4 is 10.2 Å². The number of hydrogen-bond acceptors (Lipinski definition) is 5. The first-order valence-corrected chi connectivity index (χ1v) is 9.90. The average molecular weight is 411 g/mol. The molecule has 3 amide bonds. The van der Waals surface area contributed by atoms with Crippen molar-refractivity contribution >= 4 is 29.1 Å². The van der Waals surface area contributed by atoms with Crippen LogP contribution >= 0.6 is 0 Å². The summed E-state index contributed by atoms with van der Waals surface area (Å²) >= 11 is 0. The van der Waals surface area contributed by atoms with E-state index in [1.165, 1.54) is 24.3 Å². The highest BCUT2D eigenvalue weighted by Crippen LogP contribution is 2.31. The zero-order valence-electron chi connectivity index (χ0n) is 16.3. The molecule has 0 saturated carbocycles. The lowest BCUT2D eigenvalue weighted by atomic mass is 9.94. The normalized spacial score (nSPS) is 20.6. The van der Waals surface area contributed by atoms with E-state index in [0.717, 1.165) is 4.90 Å². The van der Waals surface area contributed by atoms with Gasteiger partial charge in [0.15, 0.2) is 0 Å². The number of hydrogen-bond donors (Lipinski definition) is 2. The predicted molar refractivity (Wildman–Crippen MR) is 108 cm³/mol. The predicted octanol–water partition coefficient (Wildman–Crippen LogP) is 2.51. The van der Waals surface area contributed by atoms with Crippen LogP contribution in [0, 0.1) is 11.7 Å². The Morgan fingerprint density at radius 1 is 1.03 bits per heavy atom. The van der Waals surface area contributed by atoms with Crippen molar-refractivity contribution in [1.29, 1.82) is 0 Å². The molecule has 2 aliphatic heterocycles. The summed E-state index contributed by atoms with van der Waals surface area (Å²) in [4.78, 5) is 40.6. The topological polar surface area (TPSA) is 89.9 Å². The second-order valence-electron chi connectivity index (χ2n) is 7.56. The third kappa shape index (κ3) is 3.78. The minimum absolute atomic E-state index is 0.00190. The number of nitrogens with zero attached hydrogens (tertiary/aromatic N) is 2. The molecule has 4 rings (SSSR count). The maximum Gasteiger partial charge on any atom is 0.251 e. The number of aromatic hydroxyl groups is 1. The zero-order valence-corrected chi connectivity index (χ0v) is 16.3. The number of likely N-dealkylation sites (tertiary alicyclic amines) is 1. The van der Waals surface area contributed by atoms with E-state index in [0.29, 0.717) is 31.6 Å². The molecular formula is C22H22FN3O4. The lowest BCUT2D eigenvalue weighted by Gasteiger charge is -2.34. The second kappa shape index (κ2) is 8.23. The molecule has 2 aromatic carbocycles. The number of phenolic OH excluding ortho intramolecular Hbond substituents is 1. The summed E-state index contributed by atoms with van der Waals surface area (Å²) in [5.41, 5.74) is 0.342. The van der Waals surface area contributed by atoms with Crippen molar-refractivity contribution in [2.24, 2.45) is 5.92 Å². The van der Waals surface area contributed by atoms with Gasteiger partial charge < -0.3 is 10.4 Å². The van der Waals surface area contributed by atoms with Crippen molar-refractivity contribution in [2.45, 2.75) is 25.3 Å². The fourth-order valence-corrected chi connectivity index (χ4v) is 4.07.